The van der Waals surface area contributed by atoms with Crippen molar-refractivity contribution in [2.75, 3.05) is 13.9 Å². The van der Waals surface area contributed by atoms with Crippen molar-refractivity contribution in [1.82, 2.24) is 5.43 Å². The summed E-state index contributed by atoms with van der Waals surface area (Å²) in [5.74, 6) is 0.809. The first-order valence-corrected chi connectivity index (χ1v) is 10.2. The minimum absolute atomic E-state index is 0.134. The summed E-state index contributed by atoms with van der Waals surface area (Å²) in [6.45, 7) is 0.134. The van der Waals surface area contributed by atoms with Crippen LogP contribution in [-0.2, 0) is 0 Å². The molecule has 0 bridgehead atoms. The number of nitrogens with zero attached hydrogens (tertiary/aromatic N) is 1. The summed E-state index contributed by atoms with van der Waals surface area (Å²) >= 11 is 3.33. The lowest BCUT2D eigenvalue weighted by Crippen LogP contribution is -2.17. The minimum Gasteiger partial charge on any atom is -0.493 e. The maximum absolute atomic E-state index is 12.4. The molecule has 8 nitrogen and oxygen atoms in total. The van der Waals surface area contributed by atoms with Gasteiger partial charge in [-0.05, 0) is 60.2 Å². The summed E-state index contributed by atoms with van der Waals surface area (Å²) in [4.78, 5) is 24.7. The van der Waals surface area contributed by atoms with Crippen LogP contribution in [0.3, 0.4) is 0 Å². The van der Waals surface area contributed by atoms with Crippen LogP contribution in [-0.4, -0.2) is 32.0 Å². The standard InChI is InChI=1S/C23H17BrN2O6/c1-29-20-9-14(5-7-19(20)32-23(28)16-3-2-4-17(24)10-16)12-25-26-22(27)15-6-8-18-21(11-15)31-13-30-18/h2-12H,13H2,1H3,(H,26,27)/b25-12-. The maximum atomic E-state index is 12.4. The number of fused-ring (bicyclic) bond motifs is 1. The molecule has 1 heterocycles. The second-order valence-electron chi connectivity index (χ2n) is 6.58. The Morgan fingerprint density at radius 2 is 1.84 bits per heavy atom. The molecule has 32 heavy (non-hydrogen) atoms. The number of carbonyl (C=O) groups is 2. The molecule has 0 aliphatic carbocycles. The molecule has 4 rings (SSSR count). The van der Waals surface area contributed by atoms with Crippen molar-refractivity contribution in [2.24, 2.45) is 5.10 Å². The van der Waals surface area contributed by atoms with Crippen LogP contribution >= 0.6 is 15.9 Å². The lowest BCUT2D eigenvalue weighted by Gasteiger charge is -2.10. The van der Waals surface area contributed by atoms with Gasteiger partial charge in [-0.2, -0.15) is 5.10 Å². The van der Waals surface area contributed by atoms with Gasteiger partial charge >= 0.3 is 5.97 Å². The van der Waals surface area contributed by atoms with Gasteiger partial charge in [-0.1, -0.05) is 22.0 Å². The zero-order chi connectivity index (χ0) is 22.5. The van der Waals surface area contributed by atoms with Gasteiger partial charge in [0.25, 0.3) is 5.91 Å². The molecular weight excluding hydrogens is 480 g/mol. The number of hydrogen-bond donors (Lipinski definition) is 1. The number of carbonyl (C=O) groups excluding carboxylic acids is 2. The SMILES string of the molecule is COc1cc(/C=N\NC(=O)c2ccc3c(c2)OCO3)ccc1OC(=O)c1cccc(Br)c1. The molecule has 0 fully saturated rings. The normalized spacial score (nSPS) is 11.9. The van der Waals surface area contributed by atoms with Crippen LogP contribution in [0.5, 0.6) is 23.0 Å². The van der Waals surface area contributed by atoms with E-state index in [1.54, 1.807) is 54.6 Å². The van der Waals surface area contributed by atoms with Crippen LogP contribution in [0, 0.1) is 0 Å². The highest BCUT2D eigenvalue weighted by Gasteiger charge is 2.16. The Labute approximate surface area is 191 Å². The second-order valence-corrected chi connectivity index (χ2v) is 7.49. The van der Waals surface area contributed by atoms with Crippen molar-refractivity contribution in [3.8, 4) is 23.0 Å². The van der Waals surface area contributed by atoms with Gasteiger partial charge in [-0.25, -0.2) is 10.2 Å². The van der Waals surface area contributed by atoms with Gasteiger partial charge in [0.2, 0.25) is 6.79 Å². The Balaban J connectivity index is 1.41. The fourth-order valence-electron chi connectivity index (χ4n) is 2.89. The molecule has 0 saturated heterocycles. The van der Waals surface area contributed by atoms with Crippen LogP contribution in [0.15, 0.2) is 70.2 Å². The topological polar surface area (TPSA) is 95.5 Å². The van der Waals surface area contributed by atoms with E-state index in [0.717, 1.165) is 4.47 Å². The summed E-state index contributed by atoms with van der Waals surface area (Å²) in [6, 6.07) is 16.7. The van der Waals surface area contributed by atoms with Gasteiger partial charge < -0.3 is 18.9 Å². The van der Waals surface area contributed by atoms with Crippen molar-refractivity contribution in [2.45, 2.75) is 0 Å². The smallest absolute Gasteiger partial charge is 0.343 e. The lowest BCUT2D eigenvalue weighted by atomic mass is 10.2. The van der Waals surface area contributed by atoms with Crippen molar-refractivity contribution < 1.29 is 28.5 Å². The van der Waals surface area contributed by atoms with Crippen molar-refractivity contribution in [1.29, 1.82) is 0 Å². The molecule has 0 saturated carbocycles. The van der Waals surface area contributed by atoms with Gasteiger partial charge in [0, 0.05) is 10.0 Å². The quantitative estimate of drug-likeness (QED) is 0.238. The number of amides is 1. The van der Waals surface area contributed by atoms with Crippen molar-refractivity contribution in [3.05, 3.63) is 81.8 Å². The van der Waals surface area contributed by atoms with Gasteiger partial charge in [0.15, 0.2) is 23.0 Å². The number of esters is 1. The highest BCUT2D eigenvalue weighted by Crippen LogP contribution is 2.32. The fraction of sp³-hybridized carbons (Fsp3) is 0.0870. The minimum atomic E-state index is -0.512. The van der Waals surface area contributed by atoms with Gasteiger partial charge in [-0.3, -0.25) is 4.79 Å². The second kappa shape index (κ2) is 9.52. The number of benzene rings is 3. The molecule has 0 unspecified atom stereocenters. The van der Waals surface area contributed by atoms with Crippen LogP contribution in [0.25, 0.3) is 0 Å². The predicted molar refractivity (Wildman–Crippen MR) is 120 cm³/mol. The first kappa shape index (κ1) is 21.4. The molecule has 0 aromatic heterocycles. The van der Waals surface area contributed by atoms with Crippen molar-refractivity contribution >= 4 is 34.0 Å². The summed E-state index contributed by atoms with van der Waals surface area (Å²) in [5.41, 5.74) is 3.88. The molecule has 3 aromatic carbocycles. The van der Waals surface area contributed by atoms with E-state index in [9.17, 15) is 9.59 Å². The van der Waals surface area contributed by atoms with Crippen molar-refractivity contribution in [3.63, 3.8) is 0 Å². The maximum Gasteiger partial charge on any atom is 0.343 e. The van der Waals surface area contributed by atoms with E-state index in [2.05, 4.69) is 26.5 Å². The molecular formula is C23H17BrN2O6. The van der Waals surface area contributed by atoms with E-state index in [-0.39, 0.29) is 12.5 Å². The summed E-state index contributed by atoms with van der Waals surface area (Å²) in [7, 11) is 1.47. The van der Waals surface area contributed by atoms with E-state index in [1.807, 2.05) is 6.07 Å². The number of methoxy groups -OCH3 is 1. The third-order valence-electron chi connectivity index (χ3n) is 4.47. The number of halogens is 1. The molecule has 162 valence electrons. The summed E-state index contributed by atoms with van der Waals surface area (Å²) < 4.78 is 22.0. The van der Waals surface area contributed by atoms with E-state index in [0.29, 0.717) is 33.9 Å². The molecule has 9 heteroatoms. The number of hydrogen-bond acceptors (Lipinski definition) is 7. The highest BCUT2D eigenvalue weighted by atomic mass is 79.9. The van der Waals surface area contributed by atoms with Crippen LogP contribution in [0.4, 0.5) is 0 Å². The first-order valence-electron chi connectivity index (χ1n) is 9.42. The molecule has 0 spiro atoms. The van der Waals surface area contributed by atoms with Gasteiger partial charge in [0.05, 0.1) is 18.9 Å². The van der Waals surface area contributed by atoms with Gasteiger partial charge in [-0.15, -0.1) is 0 Å². The third kappa shape index (κ3) is 4.89. The number of nitrogens with one attached hydrogen (secondary N) is 1. The highest BCUT2D eigenvalue weighted by molar-refractivity contribution is 9.10. The summed E-state index contributed by atoms with van der Waals surface area (Å²) in [6.07, 6.45) is 1.45. The Bertz CT molecular complexity index is 1210. The Morgan fingerprint density at radius 3 is 2.66 bits per heavy atom. The van der Waals surface area contributed by atoms with Crippen LogP contribution < -0.4 is 24.4 Å². The third-order valence-corrected chi connectivity index (χ3v) is 4.96. The number of hydrazone groups is 1. The monoisotopic (exact) mass is 496 g/mol. The molecule has 1 amide bonds. The number of ether oxygens (including phenoxy) is 4. The largest absolute Gasteiger partial charge is 0.493 e. The van der Waals surface area contributed by atoms with E-state index < -0.39 is 11.9 Å². The summed E-state index contributed by atoms with van der Waals surface area (Å²) in [5, 5.41) is 3.97. The Morgan fingerprint density at radius 1 is 1.00 bits per heavy atom. The average molecular weight is 497 g/mol. The molecule has 3 aromatic rings. The van der Waals surface area contributed by atoms with Crippen LogP contribution in [0.2, 0.25) is 0 Å². The zero-order valence-corrected chi connectivity index (χ0v) is 18.4. The van der Waals surface area contributed by atoms with Crippen LogP contribution in [0.1, 0.15) is 26.3 Å². The van der Waals surface area contributed by atoms with E-state index >= 15 is 0 Å². The molecule has 0 atom stereocenters. The molecule has 1 aliphatic rings. The van der Waals surface area contributed by atoms with E-state index in [1.165, 1.54) is 13.3 Å². The Hall–Kier alpha value is -3.85. The van der Waals surface area contributed by atoms with Gasteiger partial charge in [0.1, 0.15) is 0 Å². The van der Waals surface area contributed by atoms with E-state index in [4.69, 9.17) is 18.9 Å². The molecule has 1 aliphatic heterocycles. The molecule has 0 radical (unpaired) electrons. The first-order chi connectivity index (χ1) is 15.5. The molecule has 1 N–H and O–H groups in total. The number of rotatable bonds is 6. The predicted octanol–water partition coefficient (Wildman–Crippen LogP) is 4.17. The zero-order valence-electron chi connectivity index (χ0n) is 16.8. The lowest BCUT2D eigenvalue weighted by molar-refractivity contribution is 0.0729. The average Bonchev–Trinajstić information content (AvgIpc) is 3.27. The Kier molecular flexibility index (Phi) is 6.37. The fourth-order valence-corrected chi connectivity index (χ4v) is 3.29.